The van der Waals surface area contributed by atoms with Gasteiger partial charge in [0.05, 0.1) is 36.8 Å². The molecule has 0 radical (unpaired) electrons. The number of hydrogen-bond acceptors (Lipinski definition) is 5. The van der Waals surface area contributed by atoms with Crippen LogP contribution >= 0.6 is 0 Å². The summed E-state index contributed by atoms with van der Waals surface area (Å²) < 4.78 is 47.1. The summed E-state index contributed by atoms with van der Waals surface area (Å²) in [6, 6.07) is 5.04. The lowest BCUT2D eigenvalue weighted by molar-refractivity contribution is 0.0935. The van der Waals surface area contributed by atoms with E-state index in [0.717, 1.165) is 12.8 Å². The normalized spacial score (nSPS) is 16.2. The van der Waals surface area contributed by atoms with Gasteiger partial charge in [-0.15, -0.1) is 6.58 Å². The third kappa shape index (κ3) is 6.64. The molecule has 1 aromatic carbocycles. The van der Waals surface area contributed by atoms with Gasteiger partial charge >= 0.3 is 6.03 Å². The SMILES string of the molecule is C=CCN(Cc1cnc(S(=O)(=O)Cc2ccc(F)cc2)n1CC1CCCO1)C(=O)NC(C)C. The average molecular weight is 479 g/mol. The Labute approximate surface area is 194 Å². The lowest BCUT2D eigenvalue weighted by Gasteiger charge is -2.24. The second-order valence-corrected chi connectivity index (χ2v) is 10.3. The van der Waals surface area contributed by atoms with E-state index >= 15 is 0 Å². The Kier molecular flexibility index (Phi) is 8.25. The zero-order chi connectivity index (χ0) is 24.0. The smallest absolute Gasteiger partial charge is 0.318 e. The molecule has 0 bridgehead atoms. The lowest BCUT2D eigenvalue weighted by atomic mass is 10.2. The fourth-order valence-corrected chi connectivity index (χ4v) is 5.23. The van der Waals surface area contributed by atoms with Crippen LogP contribution in [0.1, 0.15) is 37.9 Å². The third-order valence-electron chi connectivity index (χ3n) is 5.26. The monoisotopic (exact) mass is 478 g/mol. The molecule has 0 saturated carbocycles. The van der Waals surface area contributed by atoms with Crippen LogP contribution in [0, 0.1) is 5.82 Å². The maximum atomic E-state index is 13.3. The van der Waals surface area contributed by atoms with Gasteiger partial charge in [0.25, 0.3) is 0 Å². The molecule has 10 heteroatoms. The summed E-state index contributed by atoms with van der Waals surface area (Å²) >= 11 is 0. The van der Waals surface area contributed by atoms with Crippen molar-refractivity contribution in [2.24, 2.45) is 0 Å². The molecule has 33 heavy (non-hydrogen) atoms. The summed E-state index contributed by atoms with van der Waals surface area (Å²) in [7, 11) is -3.83. The van der Waals surface area contributed by atoms with Crippen LogP contribution < -0.4 is 5.32 Å². The van der Waals surface area contributed by atoms with E-state index < -0.39 is 15.7 Å². The third-order valence-corrected chi connectivity index (χ3v) is 6.86. The molecule has 1 fully saturated rings. The van der Waals surface area contributed by atoms with Gasteiger partial charge in [-0.3, -0.25) is 0 Å². The van der Waals surface area contributed by atoms with E-state index in [0.29, 0.717) is 31.0 Å². The van der Waals surface area contributed by atoms with Crippen LogP contribution in [0.3, 0.4) is 0 Å². The van der Waals surface area contributed by atoms with E-state index in [1.807, 2.05) is 13.8 Å². The zero-order valence-corrected chi connectivity index (χ0v) is 19.9. The molecule has 1 atom stereocenters. The number of hydrogen-bond donors (Lipinski definition) is 1. The molecule has 180 valence electrons. The van der Waals surface area contributed by atoms with E-state index in [1.54, 1.807) is 15.5 Å². The Morgan fingerprint density at radius 2 is 2.12 bits per heavy atom. The number of ether oxygens (including phenoxy) is 1. The number of benzene rings is 1. The first-order valence-corrected chi connectivity index (χ1v) is 12.6. The van der Waals surface area contributed by atoms with Gasteiger partial charge in [-0.05, 0) is 44.4 Å². The number of sulfone groups is 1. The predicted molar refractivity (Wildman–Crippen MR) is 123 cm³/mol. The van der Waals surface area contributed by atoms with E-state index in [1.165, 1.54) is 30.5 Å². The molecule has 1 aromatic heterocycles. The number of imidazole rings is 1. The number of carbonyl (C=O) groups is 1. The van der Waals surface area contributed by atoms with E-state index in [2.05, 4.69) is 16.9 Å². The van der Waals surface area contributed by atoms with Crippen LogP contribution in [-0.2, 0) is 33.4 Å². The van der Waals surface area contributed by atoms with Crippen LogP contribution in [0.4, 0.5) is 9.18 Å². The first kappa shape index (κ1) is 24.9. The zero-order valence-electron chi connectivity index (χ0n) is 19.0. The van der Waals surface area contributed by atoms with Gasteiger partial charge in [0.2, 0.25) is 15.0 Å². The van der Waals surface area contributed by atoms with Crippen molar-refractivity contribution in [1.82, 2.24) is 19.8 Å². The number of carbonyl (C=O) groups excluding carboxylic acids is 1. The van der Waals surface area contributed by atoms with Crippen molar-refractivity contribution >= 4 is 15.9 Å². The molecule has 1 saturated heterocycles. The van der Waals surface area contributed by atoms with Gasteiger partial charge in [0.1, 0.15) is 5.82 Å². The lowest BCUT2D eigenvalue weighted by Crippen LogP contribution is -2.43. The minimum atomic E-state index is -3.83. The van der Waals surface area contributed by atoms with Crippen molar-refractivity contribution in [1.29, 1.82) is 0 Å². The molecule has 0 aliphatic carbocycles. The number of aromatic nitrogens is 2. The highest BCUT2D eigenvalue weighted by Gasteiger charge is 2.28. The standard InChI is InChI=1S/C23H31FN4O4S/c1-4-11-27(22(29)26-17(2)3)14-20-13-25-23(28(20)15-21-6-5-12-32-21)33(30,31)16-18-7-9-19(24)10-8-18/h4,7-10,13,17,21H,1,5-6,11-12,14-16H2,2-3H3,(H,26,29). The largest absolute Gasteiger partial charge is 0.376 e. The Bertz CT molecular complexity index is 1060. The first-order chi connectivity index (χ1) is 15.7. The molecular formula is C23H31FN4O4S. The summed E-state index contributed by atoms with van der Waals surface area (Å²) in [6.45, 7) is 8.86. The van der Waals surface area contributed by atoms with Crippen LogP contribution in [0.5, 0.6) is 0 Å². The molecule has 3 rings (SSSR count). The minimum Gasteiger partial charge on any atom is -0.376 e. The quantitative estimate of drug-likeness (QED) is 0.529. The molecule has 1 unspecified atom stereocenters. The number of nitrogens with one attached hydrogen (secondary N) is 1. The fraction of sp³-hybridized carbons (Fsp3) is 0.478. The van der Waals surface area contributed by atoms with Crippen LogP contribution in [0.25, 0.3) is 0 Å². The first-order valence-electron chi connectivity index (χ1n) is 11.0. The summed E-state index contributed by atoms with van der Waals surface area (Å²) in [4.78, 5) is 18.4. The average Bonchev–Trinajstić information content (AvgIpc) is 3.40. The molecule has 1 N–H and O–H groups in total. The minimum absolute atomic E-state index is 0.0479. The number of halogens is 1. The molecule has 2 aromatic rings. The summed E-state index contributed by atoms with van der Waals surface area (Å²) in [5, 5.41) is 2.77. The van der Waals surface area contributed by atoms with Crippen LogP contribution in [0.2, 0.25) is 0 Å². The van der Waals surface area contributed by atoms with Crippen molar-refractivity contribution in [2.75, 3.05) is 13.2 Å². The van der Waals surface area contributed by atoms with Gasteiger partial charge in [-0.1, -0.05) is 18.2 Å². The Morgan fingerprint density at radius 3 is 2.73 bits per heavy atom. The maximum absolute atomic E-state index is 13.3. The summed E-state index contributed by atoms with van der Waals surface area (Å²) in [5.41, 5.74) is 1.05. The highest BCUT2D eigenvalue weighted by Crippen LogP contribution is 2.22. The van der Waals surface area contributed by atoms with Gasteiger partial charge in [0, 0.05) is 19.2 Å². The van der Waals surface area contributed by atoms with Crippen LogP contribution in [-0.4, -0.2) is 54.2 Å². The molecule has 1 aliphatic heterocycles. The Hall–Kier alpha value is -2.72. The van der Waals surface area contributed by atoms with Crippen molar-refractivity contribution in [3.63, 3.8) is 0 Å². The van der Waals surface area contributed by atoms with Gasteiger partial charge in [-0.2, -0.15) is 0 Å². The van der Waals surface area contributed by atoms with Crippen molar-refractivity contribution in [2.45, 2.75) is 62.8 Å². The molecule has 2 amide bonds. The Balaban J connectivity index is 1.92. The predicted octanol–water partition coefficient (Wildman–Crippen LogP) is 3.28. The highest BCUT2D eigenvalue weighted by atomic mass is 32.2. The number of amides is 2. The van der Waals surface area contributed by atoms with Crippen molar-refractivity contribution in [3.8, 4) is 0 Å². The fourth-order valence-electron chi connectivity index (χ4n) is 3.73. The summed E-state index contributed by atoms with van der Waals surface area (Å²) in [6.07, 6.45) is 4.71. The van der Waals surface area contributed by atoms with Gasteiger partial charge < -0.3 is 19.5 Å². The van der Waals surface area contributed by atoms with E-state index in [-0.39, 0.29) is 35.6 Å². The van der Waals surface area contributed by atoms with Gasteiger partial charge in [-0.25, -0.2) is 22.6 Å². The van der Waals surface area contributed by atoms with Gasteiger partial charge in [0.15, 0.2) is 0 Å². The van der Waals surface area contributed by atoms with E-state index in [4.69, 9.17) is 4.74 Å². The number of rotatable bonds is 10. The number of nitrogens with zero attached hydrogens (tertiary/aromatic N) is 3. The topological polar surface area (TPSA) is 93.5 Å². The molecule has 1 aliphatic rings. The highest BCUT2D eigenvalue weighted by molar-refractivity contribution is 7.90. The van der Waals surface area contributed by atoms with Crippen LogP contribution in [0.15, 0.2) is 48.3 Å². The maximum Gasteiger partial charge on any atom is 0.318 e. The molecule has 2 heterocycles. The second-order valence-electron chi connectivity index (χ2n) is 8.44. The summed E-state index contributed by atoms with van der Waals surface area (Å²) in [5.74, 6) is -0.736. The van der Waals surface area contributed by atoms with E-state index in [9.17, 15) is 17.6 Å². The second kappa shape index (κ2) is 10.9. The molecule has 8 nitrogen and oxygen atoms in total. The number of urea groups is 1. The molecule has 0 spiro atoms. The van der Waals surface area contributed by atoms with Crippen molar-refractivity contribution in [3.05, 3.63) is 60.2 Å². The molecular weight excluding hydrogens is 447 g/mol. The Morgan fingerprint density at radius 1 is 1.39 bits per heavy atom. The van der Waals surface area contributed by atoms with Crippen molar-refractivity contribution < 1.29 is 22.3 Å².